The number of benzene rings is 2. The molecule has 0 N–H and O–H groups in total. The van der Waals surface area contributed by atoms with Crippen LogP contribution < -0.4 is 9.47 Å². The summed E-state index contributed by atoms with van der Waals surface area (Å²) in [5, 5.41) is 9.37. The molecule has 0 saturated carbocycles. The van der Waals surface area contributed by atoms with E-state index in [0.29, 0.717) is 31.1 Å². The number of nitrogens with zero attached hydrogens (tertiary/aromatic N) is 4. The van der Waals surface area contributed by atoms with Gasteiger partial charge in [0, 0.05) is 13.1 Å². The minimum atomic E-state index is -1.15. The van der Waals surface area contributed by atoms with Crippen molar-refractivity contribution < 1.29 is 23.4 Å². The SMILES string of the molecule is CCOC(=O)C(C)(C)Oc1ccc(CN(Cc2ccco2)Cc2nn(-c3ccccc3)nc2C)cc1OC. The highest BCUT2D eigenvalue weighted by atomic mass is 16.6. The highest BCUT2D eigenvalue weighted by Crippen LogP contribution is 2.32. The fourth-order valence-electron chi connectivity index (χ4n) is 4.01. The number of hydrogen-bond acceptors (Lipinski definition) is 8. The molecule has 0 aliphatic carbocycles. The van der Waals surface area contributed by atoms with E-state index in [1.807, 2.05) is 67.6 Å². The van der Waals surface area contributed by atoms with Crippen LogP contribution in [-0.4, -0.2) is 45.2 Å². The van der Waals surface area contributed by atoms with Crippen molar-refractivity contribution in [3.8, 4) is 17.2 Å². The van der Waals surface area contributed by atoms with Gasteiger partial charge in [-0.3, -0.25) is 4.90 Å². The van der Waals surface area contributed by atoms with Gasteiger partial charge >= 0.3 is 5.97 Å². The maximum absolute atomic E-state index is 12.3. The number of carbonyl (C=O) groups is 1. The van der Waals surface area contributed by atoms with E-state index in [9.17, 15) is 4.79 Å². The molecule has 0 spiro atoms. The Hall–Kier alpha value is -4.11. The maximum atomic E-state index is 12.3. The van der Waals surface area contributed by atoms with Crippen molar-refractivity contribution in [2.24, 2.45) is 0 Å². The second-order valence-electron chi connectivity index (χ2n) is 9.40. The molecule has 0 fully saturated rings. The highest BCUT2D eigenvalue weighted by Gasteiger charge is 2.32. The first-order valence-electron chi connectivity index (χ1n) is 12.5. The van der Waals surface area contributed by atoms with Crippen LogP contribution in [0.5, 0.6) is 11.5 Å². The van der Waals surface area contributed by atoms with Crippen LogP contribution in [0.15, 0.2) is 71.3 Å². The van der Waals surface area contributed by atoms with Crippen LogP contribution >= 0.6 is 0 Å². The van der Waals surface area contributed by atoms with Gasteiger partial charge in [-0.2, -0.15) is 15.0 Å². The van der Waals surface area contributed by atoms with Gasteiger partial charge in [0.2, 0.25) is 0 Å². The van der Waals surface area contributed by atoms with Gasteiger partial charge in [0.05, 0.1) is 37.9 Å². The molecule has 0 bridgehead atoms. The maximum Gasteiger partial charge on any atom is 0.349 e. The van der Waals surface area contributed by atoms with Crippen LogP contribution in [0.25, 0.3) is 5.69 Å². The zero-order valence-corrected chi connectivity index (χ0v) is 22.5. The summed E-state index contributed by atoms with van der Waals surface area (Å²) in [6.45, 7) is 9.11. The molecule has 0 atom stereocenters. The summed E-state index contributed by atoms with van der Waals surface area (Å²) >= 11 is 0. The Labute approximate surface area is 222 Å². The van der Waals surface area contributed by atoms with E-state index >= 15 is 0 Å². The monoisotopic (exact) mass is 518 g/mol. The molecule has 0 amide bonds. The lowest BCUT2D eigenvalue weighted by molar-refractivity contribution is -0.158. The number of hydrogen-bond donors (Lipinski definition) is 0. The summed E-state index contributed by atoms with van der Waals surface area (Å²) in [5.41, 5.74) is 2.50. The van der Waals surface area contributed by atoms with E-state index in [0.717, 1.165) is 28.4 Å². The van der Waals surface area contributed by atoms with Crippen LogP contribution in [-0.2, 0) is 29.2 Å². The molecule has 9 nitrogen and oxygen atoms in total. The Morgan fingerprint density at radius 1 is 1.00 bits per heavy atom. The van der Waals surface area contributed by atoms with Gasteiger partial charge in [0.1, 0.15) is 11.5 Å². The smallest absolute Gasteiger partial charge is 0.349 e. The molecule has 200 valence electrons. The molecule has 9 heteroatoms. The van der Waals surface area contributed by atoms with Crippen molar-refractivity contribution in [2.75, 3.05) is 13.7 Å². The fourth-order valence-corrected chi connectivity index (χ4v) is 4.01. The number of ether oxygens (including phenoxy) is 3. The number of esters is 1. The summed E-state index contributed by atoms with van der Waals surface area (Å²) in [5.74, 6) is 1.41. The topological polar surface area (TPSA) is 91.9 Å². The van der Waals surface area contributed by atoms with Crippen LogP contribution in [0.3, 0.4) is 0 Å². The fraction of sp³-hybridized carbons (Fsp3) is 0.345. The lowest BCUT2D eigenvalue weighted by Gasteiger charge is -2.26. The molecule has 0 radical (unpaired) electrons. The summed E-state index contributed by atoms with van der Waals surface area (Å²) in [6.07, 6.45) is 1.67. The first kappa shape index (κ1) is 26.9. The zero-order chi connectivity index (χ0) is 27.1. The number of methoxy groups -OCH3 is 1. The zero-order valence-electron chi connectivity index (χ0n) is 22.5. The highest BCUT2D eigenvalue weighted by molar-refractivity contribution is 5.79. The Morgan fingerprint density at radius 2 is 1.79 bits per heavy atom. The number of furan rings is 1. The van der Waals surface area contributed by atoms with Gasteiger partial charge in [0.15, 0.2) is 17.1 Å². The Bertz CT molecular complexity index is 1330. The predicted octanol–water partition coefficient (Wildman–Crippen LogP) is 5.10. The predicted molar refractivity (Wildman–Crippen MR) is 142 cm³/mol. The van der Waals surface area contributed by atoms with E-state index in [-0.39, 0.29) is 6.61 Å². The van der Waals surface area contributed by atoms with Gasteiger partial charge in [-0.25, -0.2) is 4.79 Å². The van der Waals surface area contributed by atoms with Gasteiger partial charge in [-0.15, -0.1) is 0 Å². The van der Waals surface area contributed by atoms with Crippen LogP contribution in [0, 0.1) is 6.92 Å². The van der Waals surface area contributed by atoms with Gasteiger partial charge in [-0.1, -0.05) is 24.3 Å². The van der Waals surface area contributed by atoms with E-state index in [1.54, 1.807) is 38.9 Å². The number of aryl methyl sites for hydroxylation is 1. The first-order valence-corrected chi connectivity index (χ1v) is 12.5. The first-order chi connectivity index (χ1) is 18.3. The summed E-state index contributed by atoms with van der Waals surface area (Å²) in [6, 6.07) is 19.4. The van der Waals surface area contributed by atoms with Crippen molar-refractivity contribution in [3.63, 3.8) is 0 Å². The summed E-state index contributed by atoms with van der Waals surface area (Å²) in [7, 11) is 1.58. The van der Waals surface area contributed by atoms with Gasteiger partial charge in [0.25, 0.3) is 0 Å². The molecule has 0 saturated heterocycles. The molecule has 2 aromatic carbocycles. The second kappa shape index (κ2) is 12.0. The van der Waals surface area contributed by atoms with Crippen molar-refractivity contribution >= 4 is 5.97 Å². The molecule has 38 heavy (non-hydrogen) atoms. The van der Waals surface area contributed by atoms with E-state index in [4.69, 9.17) is 23.7 Å². The average molecular weight is 519 g/mol. The Morgan fingerprint density at radius 3 is 2.47 bits per heavy atom. The molecule has 4 aromatic rings. The third kappa shape index (κ3) is 6.60. The van der Waals surface area contributed by atoms with E-state index < -0.39 is 11.6 Å². The molecular weight excluding hydrogens is 484 g/mol. The van der Waals surface area contributed by atoms with Crippen LogP contribution in [0.4, 0.5) is 0 Å². The molecule has 0 aliphatic rings. The van der Waals surface area contributed by atoms with Gasteiger partial charge in [-0.05, 0) is 69.7 Å². The normalized spacial score (nSPS) is 11.5. The quantitative estimate of drug-likeness (QED) is 0.239. The van der Waals surface area contributed by atoms with Crippen molar-refractivity contribution in [3.05, 3.63) is 89.6 Å². The Kier molecular flexibility index (Phi) is 8.48. The second-order valence-corrected chi connectivity index (χ2v) is 9.40. The lowest BCUT2D eigenvalue weighted by Crippen LogP contribution is -2.39. The van der Waals surface area contributed by atoms with Crippen molar-refractivity contribution in [1.82, 2.24) is 19.9 Å². The average Bonchev–Trinajstić information content (AvgIpc) is 3.55. The largest absolute Gasteiger partial charge is 0.493 e. The number of carbonyl (C=O) groups excluding carboxylic acids is 1. The van der Waals surface area contributed by atoms with Crippen molar-refractivity contribution in [2.45, 2.75) is 52.9 Å². The minimum Gasteiger partial charge on any atom is -0.493 e. The minimum absolute atomic E-state index is 0.284. The van der Waals surface area contributed by atoms with Gasteiger partial charge < -0.3 is 18.6 Å². The third-order valence-electron chi connectivity index (χ3n) is 5.96. The van der Waals surface area contributed by atoms with Crippen molar-refractivity contribution in [1.29, 1.82) is 0 Å². The van der Waals surface area contributed by atoms with Crippen LogP contribution in [0.1, 0.15) is 43.5 Å². The summed E-state index contributed by atoms with van der Waals surface area (Å²) in [4.78, 5) is 16.2. The Balaban J connectivity index is 1.55. The molecular formula is C29H34N4O5. The number of rotatable bonds is 12. The lowest BCUT2D eigenvalue weighted by atomic mass is 10.1. The molecule has 0 aliphatic heterocycles. The number of aromatic nitrogens is 3. The van der Waals surface area contributed by atoms with Crippen LogP contribution in [0.2, 0.25) is 0 Å². The molecule has 0 unspecified atom stereocenters. The standard InChI is InChI=1S/C29H34N4O5/c1-6-36-28(34)29(3,4)38-26-15-14-22(17-27(26)35-5)18-32(19-24-13-10-16-37-24)20-25-21(2)30-33(31-25)23-11-8-7-9-12-23/h7-17H,6,18-20H2,1-5H3. The molecule has 4 rings (SSSR count). The molecule has 2 aromatic heterocycles. The number of para-hydroxylation sites is 1. The summed E-state index contributed by atoms with van der Waals surface area (Å²) < 4.78 is 22.4. The van der Waals surface area contributed by atoms with E-state index in [1.165, 1.54) is 0 Å². The van der Waals surface area contributed by atoms with E-state index in [2.05, 4.69) is 10.00 Å². The molecule has 2 heterocycles. The third-order valence-corrected chi connectivity index (χ3v) is 5.96.